The molecule has 0 aliphatic carbocycles. The van der Waals surface area contributed by atoms with Gasteiger partial charge in [-0.2, -0.15) is 0 Å². The van der Waals surface area contributed by atoms with Gasteiger partial charge in [-0.25, -0.2) is 0 Å². The molecule has 4 heteroatoms. The average molecular weight is 429 g/mol. The maximum Gasteiger partial charge on any atom is 0.188 e. The van der Waals surface area contributed by atoms with E-state index in [0.29, 0.717) is 6.79 Å². The molecule has 0 aliphatic rings. The Hall–Kier alpha value is -0.580. The summed E-state index contributed by atoms with van der Waals surface area (Å²) >= 11 is 0. The minimum Gasteiger partial charge on any atom is -0.475 e. The standard InChI is InChI=1S/C26H52O4/c1-4-7-10-11-12-13-15-18-21-27-25-28-22-19-16-14-17-20-26(29-23-8-5-2)30-24-9-6-3/h19,22,26H,4-18,20-21,23-25H2,1-3H3. The van der Waals surface area contributed by atoms with Crippen LogP contribution in [0.5, 0.6) is 0 Å². The van der Waals surface area contributed by atoms with Crippen LogP contribution in [0.2, 0.25) is 0 Å². The molecule has 4 nitrogen and oxygen atoms in total. The number of rotatable bonds is 25. The molecule has 0 saturated carbocycles. The number of unbranched alkanes of at least 4 members (excludes halogenated alkanes) is 11. The van der Waals surface area contributed by atoms with Crippen molar-refractivity contribution in [2.24, 2.45) is 0 Å². The molecule has 180 valence electrons. The van der Waals surface area contributed by atoms with Crippen molar-refractivity contribution in [1.29, 1.82) is 0 Å². The lowest BCUT2D eigenvalue weighted by Crippen LogP contribution is -2.18. The molecule has 30 heavy (non-hydrogen) atoms. The highest BCUT2D eigenvalue weighted by molar-refractivity contribution is 4.72. The number of hydrogen-bond donors (Lipinski definition) is 0. The van der Waals surface area contributed by atoms with Gasteiger partial charge in [0.2, 0.25) is 0 Å². The van der Waals surface area contributed by atoms with Crippen molar-refractivity contribution in [3.05, 3.63) is 12.3 Å². The Labute approximate surface area is 188 Å². The van der Waals surface area contributed by atoms with Gasteiger partial charge in [-0.3, -0.25) is 0 Å². The second kappa shape index (κ2) is 26.5. The fourth-order valence-corrected chi connectivity index (χ4v) is 3.13. The van der Waals surface area contributed by atoms with Crippen LogP contribution in [0.4, 0.5) is 0 Å². The molecule has 0 aromatic heterocycles. The smallest absolute Gasteiger partial charge is 0.188 e. The van der Waals surface area contributed by atoms with E-state index in [2.05, 4.69) is 26.8 Å². The monoisotopic (exact) mass is 428 g/mol. The van der Waals surface area contributed by atoms with Gasteiger partial charge in [-0.15, -0.1) is 0 Å². The topological polar surface area (TPSA) is 36.9 Å². The van der Waals surface area contributed by atoms with E-state index >= 15 is 0 Å². The van der Waals surface area contributed by atoms with Crippen molar-refractivity contribution in [2.45, 2.75) is 130 Å². The third kappa shape index (κ3) is 23.7. The summed E-state index contributed by atoms with van der Waals surface area (Å²) in [7, 11) is 0. The SMILES string of the molecule is CCCCCCCCCCOCOC=CCCCCC(OCCCC)OCCCC. The van der Waals surface area contributed by atoms with Crippen molar-refractivity contribution < 1.29 is 18.9 Å². The van der Waals surface area contributed by atoms with Gasteiger partial charge in [0.1, 0.15) is 0 Å². The van der Waals surface area contributed by atoms with Crippen LogP contribution < -0.4 is 0 Å². The van der Waals surface area contributed by atoms with E-state index in [1.54, 1.807) is 6.26 Å². The third-order valence-electron chi connectivity index (χ3n) is 5.15. The molecule has 0 aromatic rings. The predicted molar refractivity (Wildman–Crippen MR) is 128 cm³/mol. The van der Waals surface area contributed by atoms with Crippen LogP contribution >= 0.6 is 0 Å². The molecule has 0 spiro atoms. The zero-order valence-corrected chi connectivity index (χ0v) is 20.5. The lowest BCUT2D eigenvalue weighted by atomic mass is 10.1. The highest BCUT2D eigenvalue weighted by Crippen LogP contribution is 2.11. The van der Waals surface area contributed by atoms with Gasteiger partial charge >= 0.3 is 0 Å². The van der Waals surface area contributed by atoms with Crippen LogP contribution in [0.1, 0.15) is 124 Å². The summed E-state index contributed by atoms with van der Waals surface area (Å²) in [6.07, 6.45) is 23.2. The Morgan fingerprint density at radius 1 is 0.600 bits per heavy atom. The first-order valence-electron chi connectivity index (χ1n) is 12.9. The molecular formula is C26H52O4. The molecule has 0 unspecified atom stereocenters. The predicted octanol–water partition coefficient (Wildman–Crippen LogP) is 8.15. The van der Waals surface area contributed by atoms with E-state index in [1.165, 1.54) is 44.9 Å². The quantitative estimate of drug-likeness (QED) is 0.0835. The normalized spacial score (nSPS) is 11.7. The van der Waals surface area contributed by atoms with E-state index in [9.17, 15) is 0 Å². The first-order valence-corrected chi connectivity index (χ1v) is 12.9. The second-order valence-electron chi connectivity index (χ2n) is 8.20. The molecular weight excluding hydrogens is 376 g/mol. The molecule has 0 fully saturated rings. The first kappa shape index (κ1) is 29.4. The summed E-state index contributed by atoms with van der Waals surface area (Å²) in [6.45, 7) is 9.42. The van der Waals surface area contributed by atoms with Gasteiger partial charge in [-0.05, 0) is 51.0 Å². The number of allylic oxidation sites excluding steroid dienone is 1. The molecule has 0 rings (SSSR count). The highest BCUT2D eigenvalue weighted by Gasteiger charge is 2.08. The summed E-state index contributed by atoms with van der Waals surface area (Å²) in [5.74, 6) is 0. The van der Waals surface area contributed by atoms with Gasteiger partial charge in [0.15, 0.2) is 13.1 Å². The van der Waals surface area contributed by atoms with Crippen molar-refractivity contribution in [3.63, 3.8) is 0 Å². The molecule has 0 radical (unpaired) electrons. The maximum absolute atomic E-state index is 5.88. The Morgan fingerprint density at radius 3 is 1.83 bits per heavy atom. The largest absolute Gasteiger partial charge is 0.475 e. The van der Waals surface area contributed by atoms with E-state index in [-0.39, 0.29) is 6.29 Å². The summed E-state index contributed by atoms with van der Waals surface area (Å²) in [6, 6.07) is 0. The molecule has 0 atom stereocenters. The minimum atomic E-state index is -0.0342. The Bertz CT molecular complexity index is 323. The minimum absolute atomic E-state index is 0.0342. The second-order valence-corrected chi connectivity index (χ2v) is 8.20. The lowest BCUT2D eigenvalue weighted by Gasteiger charge is -2.18. The number of hydrogen-bond acceptors (Lipinski definition) is 4. The fraction of sp³-hybridized carbons (Fsp3) is 0.923. The van der Waals surface area contributed by atoms with Crippen molar-refractivity contribution >= 4 is 0 Å². The first-order chi connectivity index (χ1) is 14.8. The van der Waals surface area contributed by atoms with Gasteiger partial charge in [0, 0.05) is 13.2 Å². The van der Waals surface area contributed by atoms with Gasteiger partial charge < -0.3 is 18.9 Å². The summed E-state index contributed by atoms with van der Waals surface area (Å²) in [5, 5.41) is 0. The number of ether oxygens (including phenoxy) is 4. The Kier molecular flexibility index (Phi) is 25.9. The van der Waals surface area contributed by atoms with Crippen LogP contribution in [0.25, 0.3) is 0 Å². The average Bonchev–Trinajstić information content (AvgIpc) is 2.75. The van der Waals surface area contributed by atoms with Crippen molar-refractivity contribution in [1.82, 2.24) is 0 Å². The molecule has 0 saturated heterocycles. The third-order valence-corrected chi connectivity index (χ3v) is 5.15. The fourth-order valence-electron chi connectivity index (χ4n) is 3.13. The van der Waals surface area contributed by atoms with E-state index < -0.39 is 0 Å². The van der Waals surface area contributed by atoms with Crippen molar-refractivity contribution in [2.75, 3.05) is 26.6 Å². The molecule has 0 N–H and O–H groups in total. The molecule has 0 bridgehead atoms. The molecule has 0 heterocycles. The van der Waals surface area contributed by atoms with Gasteiger partial charge in [-0.1, -0.05) is 78.6 Å². The van der Waals surface area contributed by atoms with E-state index in [4.69, 9.17) is 18.9 Å². The zero-order valence-electron chi connectivity index (χ0n) is 20.5. The van der Waals surface area contributed by atoms with Crippen LogP contribution in [0.15, 0.2) is 12.3 Å². The van der Waals surface area contributed by atoms with Gasteiger partial charge in [0.05, 0.1) is 12.9 Å². The van der Waals surface area contributed by atoms with Gasteiger partial charge in [0.25, 0.3) is 0 Å². The molecule has 0 amide bonds. The molecule has 0 aliphatic heterocycles. The Morgan fingerprint density at radius 2 is 1.20 bits per heavy atom. The highest BCUT2D eigenvalue weighted by atomic mass is 16.7. The zero-order chi connectivity index (χ0) is 22.0. The Balaban J connectivity index is 3.44. The maximum atomic E-state index is 5.88. The molecule has 0 aromatic carbocycles. The van der Waals surface area contributed by atoms with Crippen LogP contribution in [-0.2, 0) is 18.9 Å². The summed E-state index contributed by atoms with van der Waals surface area (Å²) < 4.78 is 22.7. The summed E-state index contributed by atoms with van der Waals surface area (Å²) in [5.41, 5.74) is 0. The van der Waals surface area contributed by atoms with Crippen LogP contribution in [0, 0.1) is 0 Å². The van der Waals surface area contributed by atoms with Crippen LogP contribution in [0.3, 0.4) is 0 Å². The van der Waals surface area contributed by atoms with Crippen molar-refractivity contribution in [3.8, 4) is 0 Å². The van der Waals surface area contributed by atoms with E-state index in [0.717, 1.165) is 77.6 Å². The lowest BCUT2D eigenvalue weighted by molar-refractivity contribution is -0.147. The van der Waals surface area contributed by atoms with Crippen LogP contribution in [-0.4, -0.2) is 32.9 Å². The summed E-state index contributed by atoms with van der Waals surface area (Å²) in [4.78, 5) is 0. The van der Waals surface area contributed by atoms with E-state index in [1.807, 2.05) is 0 Å².